The van der Waals surface area contributed by atoms with Gasteiger partial charge in [0.25, 0.3) is 5.91 Å². The summed E-state index contributed by atoms with van der Waals surface area (Å²) in [6.07, 6.45) is 0.617. The number of amides is 5. The summed E-state index contributed by atoms with van der Waals surface area (Å²) in [7, 11) is 0. The first-order chi connectivity index (χ1) is 17.7. The highest BCUT2D eigenvalue weighted by atomic mass is 16.5. The van der Waals surface area contributed by atoms with Crippen molar-refractivity contribution in [1.82, 2.24) is 25.8 Å². The van der Waals surface area contributed by atoms with Gasteiger partial charge in [0.1, 0.15) is 24.4 Å². The molecule has 0 radical (unpaired) electrons. The third kappa shape index (κ3) is 7.68. The van der Waals surface area contributed by atoms with Crippen molar-refractivity contribution in [2.75, 3.05) is 39.3 Å². The molecular formula is C26H37N5O6. The molecule has 202 valence electrons. The number of nitrogens with zero attached hydrogens (tertiary/aromatic N) is 2. The molecule has 1 fully saturated rings. The third-order valence-corrected chi connectivity index (χ3v) is 6.57. The van der Waals surface area contributed by atoms with E-state index in [2.05, 4.69) is 16.0 Å². The van der Waals surface area contributed by atoms with E-state index >= 15 is 0 Å². The molecule has 37 heavy (non-hydrogen) atoms. The molecule has 5 amide bonds. The molecule has 11 heteroatoms. The lowest BCUT2D eigenvalue weighted by molar-refractivity contribution is -0.135. The van der Waals surface area contributed by atoms with Crippen LogP contribution in [-0.4, -0.2) is 90.8 Å². The largest absolute Gasteiger partial charge is 0.491 e. The summed E-state index contributed by atoms with van der Waals surface area (Å²) in [5.74, 6) is -1.38. The summed E-state index contributed by atoms with van der Waals surface area (Å²) in [5, 5.41) is 8.33. The number of hydrogen-bond acceptors (Lipinski definition) is 6. The molecule has 3 N–H and O–H groups in total. The highest BCUT2D eigenvalue weighted by Gasteiger charge is 2.31. The van der Waals surface area contributed by atoms with E-state index in [1.807, 2.05) is 13.8 Å². The Balaban J connectivity index is 1.85. The minimum absolute atomic E-state index is 0.0477. The molecule has 3 rings (SSSR count). The van der Waals surface area contributed by atoms with Crippen molar-refractivity contribution in [2.24, 2.45) is 5.92 Å². The van der Waals surface area contributed by atoms with Crippen molar-refractivity contribution in [3.8, 4) is 5.75 Å². The molecule has 1 saturated heterocycles. The molecule has 1 aromatic carbocycles. The van der Waals surface area contributed by atoms with Crippen LogP contribution in [0, 0.1) is 5.92 Å². The lowest BCUT2D eigenvalue weighted by Crippen LogP contribution is -2.51. The van der Waals surface area contributed by atoms with Crippen molar-refractivity contribution in [1.29, 1.82) is 0 Å². The average molecular weight is 516 g/mol. The second kappa shape index (κ2) is 13.1. The smallest absolute Gasteiger partial charge is 0.255 e. The van der Waals surface area contributed by atoms with Crippen molar-refractivity contribution in [3.63, 3.8) is 0 Å². The molecule has 0 aliphatic carbocycles. The summed E-state index contributed by atoms with van der Waals surface area (Å²) in [4.78, 5) is 67.4. The molecule has 0 aromatic heterocycles. The molecule has 11 nitrogen and oxygen atoms in total. The van der Waals surface area contributed by atoms with Crippen molar-refractivity contribution >= 4 is 29.5 Å². The van der Waals surface area contributed by atoms with Crippen molar-refractivity contribution in [3.05, 3.63) is 29.8 Å². The molecule has 2 aliphatic heterocycles. The molecule has 0 spiro atoms. The van der Waals surface area contributed by atoms with Gasteiger partial charge >= 0.3 is 0 Å². The zero-order chi connectivity index (χ0) is 26.9. The SMILES string of the molecule is CC(=O)N1CCCN(C(=O)[C@@H]2CCC(=O)N[C@@H](C(C)C)C(=O)NCCOc3ccccc3C(=O)N2)CC1. The van der Waals surface area contributed by atoms with Gasteiger partial charge in [-0.05, 0) is 30.9 Å². The zero-order valence-electron chi connectivity index (χ0n) is 21.7. The average Bonchev–Trinajstić information content (AvgIpc) is 3.13. The zero-order valence-corrected chi connectivity index (χ0v) is 21.7. The van der Waals surface area contributed by atoms with Crippen LogP contribution in [0.15, 0.2) is 24.3 Å². The van der Waals surface area contributed by atoms with Crippen LogP contribution < -0.4 is 20.7 Å². The summed E-state index contributed by atoms with van der Waals surface area (Å²) >= 11 is 0. The fourth-order valence-electron chi connectivity index (χ4n) is 4.45. The number of rotatable bonds is 2. The normalized spacial score (nSPS) is 22.3. The van der Waals surface area contributed by atoms with Gasteiger partial charge in [0.05, 0.1) is 12.1 Å². The summed E-state index contributed by atoms with van der Waals surface area (Å²) < 4.78 is 5.77. The molecule has 2 heterocycles. The molecule has 0 bridgehead atoms. The van der Waals surface area contributed by atoms with E-state index in [-0.39, 0.29) is 61.1 Å². The van der Waals surface area contributed by atoms with Gasteiger partial charge in [-0.15, -0.1) is 0 Å². The monoisotopic (exact) mass is 515 g/mol. The Labute approximate surface area is 217 Å². The highest BCUT2D eigenvalue weighted by molar-refractivity contribution is 6.00. The summed E-state index contributed by atoms with van der Waals surface area (Å²) in [6.45, 7) is 7.23. The Bertz CT molecular complexity index is 1010. The van der Waals surface area contributed by atoms with Gasteiger partial charge in [-0.25, -0.2) is 0 Å². The summed E-state index contributed by atoms with van der Waals surface area (Å²) in [5.41, 5.74) is 0.254. The highest BCUT2D eigenvalue weighted by Crippen LogP contribution is 2.19. The predicted molar refractivity (Wildman–Crippen MR) is 136 cm³/mol. The van der Waals surface area contributed by atoms with Crippen molar-refractivity contribution < 1.29 is 28.7 Å². The van der Waals surface area contributed by atoms with Gasteiger partial charge in [0, 0.05) is 39.5 Å². The Morgan fingerprint density at radius 1 is 1.00 bits per heavy atom. The Morgan fingerprint density at radius 3 is 2.43 bits per heavy atom. The van der Waals surface area contributed by atoms with Crippen LogP contribution in [0.3, 0.4) is 0 Å². The molecule has 0 unspecified atom stereocenters. The Kier molecular flexibility index (Phi) is 9.87. The minimum Gasteiger partial charge on any atom is -0.491 e. The standard InChI is InChI=1S/C26H37N5O6/c1-17(2)23-25(35)27-11-16-37-21-8-5-4-7-19(21)24(34)28-20(9-10-22(33)29-23)26(36)31-13-6-12-30(14-15-31)18(3)32/h4-5,7-8,17,20,23H,6,9-16H2,1-3H3,(H,27,35)(H,28,34)(H,29,33)/t20-,23-/m0/s1. The van der Waals surface area contributed by atoms with Gasteiger partial charge in [-0.3, -0.25) is 24.0 Å². The predicted octanol–water partition coefficient (Wildman–Crippen LogP) is 0.295. The first-order valence-corrected chi connectivity index (χ1v) is 12.8. The van der Waals surface area contributed by atoms with E-state index in [1.54, 1.807) is 34.1 Å². The second-order valence-corrected chi connectivity index (χ2v) is 9.67. The van der Waals surface area contributed by atoms with Crippen LogP contribution in [0.4, 0.5) is 0 Å². The van der Waals surface area contributed by atoms with E-state index in [9.17, 15) is 24.0 Å². The van der Waals surface area contributed by atoms with Crippen LogP contribution >= 0.6 is 0 Å². The van der Waals surface area contributed by atoms with Crippen LogP contribution in [-0.2, 0) is 19.2 Å². The number of fused-ring (bicyclic) bond motifs is 1. The van der Waals surface area contributed by atoms with Crippen LogP contribution in [0.5, 0.6) is 5.75 Å². The number of benzene rings is 1. The number of nitrogens with one attached hydrogen (secondary N) is 3. The van der Waals surface area contributed by atoms with Gasteiger partial charge in [-0.1, -0.05) is 26.0 Å². The van der Waals surface area contributed by atoms with E-state index in [1.165, 1.54) is 6.92 Å². The number of para-hydroxylation sites is 1. The van der Waals surface area contributed by atoms with Gasteiger partial charge in [0.2, 0.25) is 23.6 Å². The third-order valence-electron chi connectivity index (χ3n) is 6.57. The maximum Gasteiger partial charge on any atom is 0.255 e. The lowest BCUT2D eigenvalue weighted by Gasteiger charge is -2.27. The molecule has 1 aromatic rings. The number of hydrogen-bond donors (Lipinski definition) is 3. The maximum absolute atomic E-state index is 13.5. The van der Waals surface area contributed by atoms with E-state index in [4.69, 9.17) is 4.74 Å². The number of carbonyl (C=O) groups excluding carboxylic acids is 5. The fraction of sp³-hybridized carbons (Fsp3) is 0.577. The first kappa shape index (κ1) is 27.9. The molecule has 2 atom stereocenters. The number of carbonyl (C=O) groups is 5. The fourth-order valence-corrected chi connectivity index (χ4v) is 4.45. The van der Waals surface area contributed by atoms with Crippen molar-refractivity contribution in [2.45, 2.75) is 52.1 Å². The lowest BCUT2D eigenvalue weighted by atomic mass is 10.0. The molecule has 2 aliphatic rings. The molecular weight excluding hydrogens is 478 g/mol. The maximum atomic E-state index is 13.5. The molecule has 0 saturated carbocycles. The van der Waals surface area contributed by atoms with E-state index in [0.717, 1.165) is 0 Å². The topological polar surface area (TPSA) is 137 Å². The van der Waals surface area contributed by atoms with Crippen LogP contribution in [0.25, 0.3) is 0 Å². The van der Waals surface area contributed by atoms with Gasteiger partial charge in [0.15, 0.2) is 0 Å². The number of ether oxygens (including phenoxy) is 1. The van der Waals surface area contributed by atoms with E-state index < -0.39 is 18.0 Å². The quantitative estimate of drug-likeness (QED) is 0.518. The minimum atomic E-state index is -0.966. The van der Waals surface area contributed by atoms with Gasteiger partial charge < -0.3 is 30.5 Å². The summed E-state index contributed by atoms with van der Waals surface area (Å²) in [6, 6.07) is 4.97. The Hall–Kier alpha value is -3.63. The second-order valence-electron chi connectivity index (χ2n) is 9.67. The van der Waals surface area contributed by atoms with Crippen LogP contribution in [0.1, 0.15) is 50.4 Å². The Morgan fingerprint density at radius 2 is 1.70 bits per heavy atom. The van der Waals surface area contributed by atoms with E-state index in [0.29, 0.717) is 38.3 Å². The van der Waals surface area contributed by atoms with Crippen LogP contribution in [0.2, 0.25) is 0 Å². The van der Waals surface area contributed by atoms with Gasteiger partial charge in [-0.2, -0.15) is 0 Å². The first-order valence-electron chi connectivity index (χ1n) is 12.8.